The van der Waals surface area contributed by atoms with Gasteiger partial charge < -0.3 is 9.73 Å². The molecule has 1 N–H and O–H groups in total. The van der Waals surface area contributed by atoms with E-state index >= 15 is 0 Å². The summed E-state index contributed by atoms with van der Waals surface area (Å²) >= 11 is 0. The Kier molecular flexibility index (Phi) is 2.61. The molecular weight excluding hydrogens is 176 g/mol. The Labute approximate surface area is 85.1 Å². The summed E-state index contributed by atoms with van der Waals surface area (Å²) in [5, 5.41) is 3.42. The molecule has 1 aromatic heterocycles. The van der Waals surface area contributed by atoms with Crippen molar-refractivity contribution >= 4 is 0 Å². The van der Waals surface area contributed by atoms with Gasteiger partial charge in [0, 0.05) is 19.1 Å². The van der Waals surface area contributed by atoms with E-state index in [2.05, 4.69) is 30.3 Å². The Morgan fingerprint density at radius 1 is 1.43 bits per heavy atom. The van der Waals surface area contributed by atoms with Crippen molar-refractivity contribution in [2.24, 2.45) is 0 Å². The number of aryl methyl sites for hydroxylation is 1. The topological polar surface area (TPSA) is 28.4 Å². The van der Waals surface area contributed by atoms with Gasteiger partial charge in [0.15, 0.2) is 0 Å². The molecule has 2 unspecified atom stereocenters. The minimum atomic E-state index is 0.382. The quantitative estimate of drug-likeness (QED) is 0.735. The number of likely N-dealkylation sites (N-methyl/N-ethyl adjacent to an activating group) is 1. The fraction of sp³-hybridized carbons (Fsp3) is 0.636. The van der Waals surface area contributed by atoms with Crippen LogP contribution >= 0.6 is 0 Å². The molecule has 3 heteroatoms. The van der Waals surface area contributed by atoms with Crippen molar-refractivity contribution in [1.29, 1.82) is 0 Å². The van der Waals surface area contributed by atoms with Crippen LogP contribution in [0.15, 0.2) is 16.5 Å². The third-order valence-electron chi connectivity index (χ3n) is 3.05. The number of rotatable bonds is 1. The summed E-state index contributed by atoms with van der Waals surface area (Å²) in [7, 11) is 2.16. The molecule has 0 aliphatic carbocycles. The predicted octanol–water partition coefficient (Wildman–Crippen LogP) is 1.55. The van der Waals surface area contributed by atoms with Gasteiger partial charge in [0.1, 0.15) is 11.5 Å². The SMILES string of the molecule is Cc1ccc(C2CNCC(C)N2C)o1. The molecule has 14 heavy (non-hydrogen) atoms. The van der Waals surface area contributed by atoms with E-state index in [0.29, 0.717) is 12.1 Å². The first-order chi connectivity index (χ1) is 6.68. The van der Waals surface area contributed by atoms with E-state index in [9.17, 15) is 0 Å². The van der Waals surface area contributed by atoms with Crippen molar-refractivity contribution in [2.75, 3.05) is 20.1 Å². The van der Waals surface area contributed by atoms with Crippen molar-refractivity contribution in [2.45, 2.75) is 25.9 Å². The summed E-state index contributed by atoms with van der Waals surface area (Å²) in [4.78, 5) is 2.37. The molecule has 0 aromatic carbocycles. The number of piperazine rings is 1. The molecule has 1 aromatic rings. The molecule has 0 radical (unpaired) electrons. The first-order valence-corrected chi connectivity index (χ1v) is 5.17. The average Bonchev–Trinajstić information content (AvgIpc) is 2.57. The van der Waals surface area contributed by atoms with E-state index in [0.717, 1.165) is 24.6 Å². The van der Waals surface area contributed by atoms with Gasteiger partial charge in [0.05, 0.1) is 6.04 Å². The molecule has 1 saturated heterocycles. The first kappa shape index (κ1) is 9.74. The zero-order valence-corrected chi connectivity index (χ0v) is 9.08. The van der Waals surface area contributed by atoms with Gasteiger partial charge in [-0.05, 0) is 33.0 Å². The molecule has 0 amide bonds. The largest absolute Gasteiger partial charge is 0.465 e. The molecular formula is C11H18N2O. The third kappa shape index (κ3) is 1.70. The fourth-order valence-corrected chi connectivity index (χ4v) is 1.96. The normalized spacial score (nSPS) is 29.4. The maximum Gasteiger partial charge on any atom is 0.122 e. The molecule has 2 atom stereocenters. The average molecular weight is 194 g/mol. The lowest BCUT2D eigenvalue weighted by Gasteiger charge is -2.37. The van der Waals surface area contributed by atoms with Crippen LogP contribution in [0.25, 0.3) is 0 Å². The molecule has 1 fully saturated rings. The highest BCUT2D eigenvalue weighted by Gasteiger charge is 2.27. The zero-order chi connectivity index (χ0) is 10.1. The zero-order valence-electron chi connectivity index (χ0n) is 9.08. The summed E-state index contributed by atoms with van der Waals surface area (Å²) in [6, 6.07) is 5.06. The highest BCUT2D eigenvalue weighted by molar-refractivity contribution is 5.11. The Bertz CT molecular complexity index is 308. The Morgan fingerprint density at radius 3 is 2.86 bits per heavy atom. The lowest BCUT2D eigenvalue weighted by atomic mass is 10.1. The third-order valence-corrected chi connectivity index (χ3v) is 3.05. The van der Waals surface area contributed by atoms with Crippen LogP contribution in [-0.4, -0.2) is 31.1 Å². The van der Waals surface area contributed by atoms with E-state index in [1.807, 2.05) is 13.0 Å². The number of furan rings is 1. The molecule has 1 aliphatic rings. The number of nitrogens with zero attached hydrogens (tertiary/aromatic N) is 1. The highest BCUT2D eigenvalue weighted by Crippen LogP contribution is 2.24. The van der Waals surface area contributed by atoms with Crippen LogP contribution < -0.4 is 5.32 Å². The van der Waals surface area contributed by atoms with Crippen molar-refractivity contribution in [3.05, 3.63) is 23.7 Å². The van der Waals surface area contributed by atoms with Gasteiger partial charge in [-0.15, -0.1) is 0 Å². The standard InChI is InChI=1S/C11H18N2O/c1-8-6-12-7-10(13(8)3)11-5-4-9(2)14-11/h4-5,8,10,12H,6-7H2,1-3H3. The molecule has 2 heterocycles. The number of hydrogen-bond donors (Lipinski definition) is 1. The summed E-state index contributed by atoms with van der Waals surface area (Å²) in [6.45, 7) is 6.26. The Morgan fingerprint density at radius 2 is 2.21 bits per heavy atom. The van der Waals surface area contributed by atoms with Gasteiger partial charge in [-0.3, -0.25) is 4.90 Å². The predicted molar refractivity (Wildman–Crippen MR) is 56.3 cm³/mol. The van der Waals surface area contributed by atoms with E-state index in [4.69, 9.17) is 4.42 Å². The van der Waals surface area contributed by atoms with Crippen LogP contribution in [0.2, 0.25) is 0 Å². The summed E-state index contributed by atoms with van der Waals surface area (Å²) in [5.41, 5.74) is 0. The molecule has 0 spiro atoms. The monoisotopic (exact) mass is 194 g/mol. The molecule has 0 bridgehead atoms. The maximum atomic E-state index is 5.66. The minimum Gasteiger partial charge on any atom is -0.465 e. The van der Waals surface area contributed by atoms with Gasteiger partial charge in [0.2, 0.25) is 0 Å². The molecule has 1 aliphatic heterocycles. The molecule has 78 valence electrons. The summed E-state index contributed by atoms with van der Waals surface area (Å²) in [6.07, 6.45) is 0. The number of nitrogens with one attached hydrogen (secondary N) is 1. The second-order valence-electron chi connectivity index (χ2n) is 4.14. The molecule has 2 rings (SSSR count). The van der Waals surface area contributed by atoms with E-state index < -0.39 is 0 Å². The van der Waals surface area contributed by atoms with Gasteiger partial charge >= 0.3 is 0 Å². The van der Waals surface area contributed by atoms with Crippen LogP contribution in [-0.2, 0) is 0 Å². The fourth-order valence-electron chi connectivity index (χ4n) is 1.96. The van der Waals surface area contributed by atoms with Crippen LogP contribution in [0.4, 0.5) is 0 Å². The molecule has 0 saturated carbocycles. The van der Waals surface area contributed by atoms with Crippen molar-refractivity contribution in [1.82, 2.24) is 10.2 Å². The molecule has 3 nitrogen and oxygen atoms in total. The first-order valence-electron chi connectivity index (χ1n) is 5.17. The summed E-state index contributed by atoms with van der Waals surface area (Å²) < 4.78 is 5.66. The van der Waals surface area contributed by atoms with Gasteiger partial charge in [-0.25, -0.2) is 0 Å². The Hall–Kier alpha value is -0.800. The van der Waals surface area contributed by atoms with Crippen LogP contribution in [0, 0.1) is 6.92 Å². The Balaban J connectivity index is 2.17. The highest BCUT2D eigenvalue weighted by atomic mass is 16.3. The van der Waals surface area contributed by atoms with E-state index in [1.54, 1.807) is 0 Å². The van der Waals surface area contributed by atoms with Crippen molar-refractivity contribution < 1.29 is 4.42 Å². The second kappa shape index (κ2) is 3.75. The minimum absolute atomic E-state index is 0.382. The lowest BCUT2D eigenvalue weighted by molar-refractivity contribution is 0.123. The summed E-state index contributed by atoms with van der Waals surface area (Å²) in [5.74, 6) is 2.07. The van der Waals surface area contributed by atoms with Crippen molar-refractivity contribution in [3.8, 4) is 0 Å². The van der Waals surface area contributed by atoms with Crippen LogP contribution in [0.5, 0.6) is 0 Å². The van der Waals surface area contributed by atoms with Crippen molar-refractivity contribution in [3.63, 3.8) is 0 Å². The lowest BCUT2D eigenvalue weighted by Crippen LogP contribution is -2.49. The van der Waals surface area contributed by atoms with E-state index in [-0.39, 0.29) is 0 Å². The number of hydrogen-bond acceptors (Lipinski definition) is 3. The van der Waals surface area contributed by atoms with Gasteiger partial charge in [0.25, 0.3) is 0 Å². The van der Waals surface area contributed by atoms with Gasteiger partial charge in [-0.1, -0.05) is 0 Å². The van der Waals surface area contributed by atoms with E-state index in [1.165, 1.54) is 0 Å². The second-order valence-corrected chi connectivity index (χ2v) is 4.14. The van der Waals surface area contributed by atoms with Gasteiger partial charge in [-0.2, -0.15) is 0 Å². The van der Waals surface area contributed by atoms with Crippen LogP contribution in [0.3, 0.4) is 0 Å². The smallest absolute Gasteiger partial charge is 0.122 e. The maximum absolute atomic E-state index is 5.66. The van der Waals surface area contributed by atoms with Crippen LogP contribution in [0.1, 0.15) is 24.5 Å².